The van der Waals surface area contributed by atoms with Gasteiger partial charge in [-0.3, -0.25) is 14.2 Å². The Kier molecular flexibility index (Phi) is 5.31. The molecular weight excluding hydrogens is 392 g/mol. The van der Waals surface area contributed by atoms with Crippen molar-refractivity contribution in [3.8, 4) is 0 Å². The second-order valence-corrected chi connectivity index (χ2v) is 7.26. The van der Waals surface area contributed by atoms with Gasteiger partial charge in [-0.05, 0) is 37.1 Å². The van der Waals surface area contributed by atoms with Crippen LogP contribution in [-0.2, 0) is 22.7 Å². The van der Waals surface area contributed by atoms with Crippen LogP contribution >= 0.6 is 11.6 Å². The van der Waals surface area contributed by atoms with Crippen molar-refractivity contribution in [2.45, 2.75) is 32.9 Å². The maximum atomic E-state index is 12.6. The minimum absolute atomic E-state index is 0.0922. The Labute approximate surface area is 171 Å². The number of halogens is 1. The van der Waals surface area contributed by atoms with Gasteiger partial charge in [-0.1, -0.05) is 23.7 Å². The number of esters is 1. The molecule has 0 aliphatic rings. The van der Waals surface area contributed by atoms with E-state index in [9.17, 15) is 9.59 Å². The zero-order valence-corrected chi connectivity index (χ0v) is 16.6. The molecule has 29 heavy (non-hydrogen) atoms. The Morgan fingerprint density at radius 1 is 1.21 bits per heavy atom. The van der Waals surface area contributed by atoms with Crippen LogP contribution in [0.2, 0.25) is 5.02 Å². The lowest BCUT2D eigenvalue weighted by Gasteiger charge is -2.07. The summed E-state index contributed by atoms with van der Waals surface area (Å²) < 4.78 is 8.60. The summed E-state index contributed by atoms with van der Waals surface area (Å²) in [6, 6.07) is 9.09. The fourth-order valence-electron chi connectivity index (χ4n) is 3.20. The van der Waals surface area contributed by atoms with E-state index in [2.05, 4.69) is 9.97 Å². The van der Waals surface area contributed by atoms with E-state index in [-0.39, 0.29) is 24.6 Å². The summed E-state index contributed by atoms with van der Waals surface area (Å²) in [5.41, 5.74) is 2.95. The van der Waals surface area contributed by atoms with E-state index in [4.69, 9.17) is 16.3 Å². The molecule has 148 valence electrons. The van der Waals surface area contributed by atoms with Crippen LogP contribution in [0.5, 0.6) is 0 Å². The molecule has 0 amide bonds. The van der Waals surface area contributed by atoms with Gasteiger partial charge in [0.2, 0.25) is 0 Å². The highest BCUT2D eigenvalue weighted by molar-refractivity contribution is 6.30. The van der Waals surface area contributed by atoms with E-state index in [0.717, 1.165) is 11.2 Å². The predicted octanol–water partition coefficient (Wildman–Crippen LogP) is 3.53. The lowest BCUT2D eigenvalue weighted by atomic mass is 10.1. The van der Waals surface area contributed by atoms with Crippen LogP contribution in [0.1, 0.15) is 24.1 Å². The van der Waals surface area contributed by atoms with Crippen LogP contribution in [0.15, 0.2) is 53.8 Å². The van der Waals surface area contributed by atoms with Crippen molar-refractivity contribution < 1.29 is 9.53 Å². The first kappa shape index (κ1) is 19.1. The van der Waals surface area contributed by atoms with Crippen LogP contribution in [-0.4, -0.2) is 24.9 Å². The van der Waals surface area contributed by atoms with E-state index >= 15 is 0 Å². The van der Waals surface area contributed by atoms with Crippen molar-refractivity contribution in [2.24, 2.45) is 0 Å². The van der Waals surface area contributed by atoms with Crippen molar-refractivity contribution >= 4 is 34.1 Å². The maximum absolute atomic E-state index is 12.6. The third kappa shape index (κ3) is 4.14. The highest BCUT2D eigenvalue weighted by atomic mass is 35.5. The van der Waals surface area contributed by atoms with Crippen LogP contribution in [0.25, 0.3) is 16.6 Å². The standard InChI is InChI=1S/C21H19ClN4O3/c1-14-4-2-5-17-20(14)23-13-25(21(17)28)9-3-6-19(27)29-12-16-11-26-10-15(22)7-8-18(26)24-16/h2,4-5,7-8,10-11,13H,3,6,9,12H2,1H3. The van der Waals surface area contributed by atoms with E-state index in [0.29, 0.717) is 34.6 Å². The minimum Gasteiger partial charge on any atom is -0.459 e. The molecule has 0 bridgehead atoms. The number of ether oxygens (including phenoxy) is 1. The summed E-state index contributed by atoms with van der Waals surface area (Å²) >= 11 is 5.95. The Morgan fingerprint density at radius 3 is 2.93 bits per heavy atom. The average Bonchev–Trinajstić information content (AvgIpc) is 3.11. The Bertz CT molecular complexity index is 1260. The molecule has 0 unspecified atom stereocenters. The van der Waals surface area contributed by atoms with Gasteiger partial charge in [0.1, 0.15) is 12.3 Å². The number of nitrogens with zero attached hydrogens (tertiary/aromatic N) is 4. The Balaban J connectivity index is 1.32. The molecule has 7 nitrogen and oxygen atoms in total. The van der Waals surface area contributed by atoms with Crippen molar-refractivity contribution in [3.63, 3.8) is 0 Å². The number of carbonyl (C=O) groups excluding carboxylic acids is 1. The summed E-state index contributed by atoms with van der Waals surface area (Å²) in [6.07, 6.45) is 5.74. The molecule has 4 rings (SSSR count). The number of hydrogen-bond donors (Lipinski definition) is 0. The fourth-order valence-corrected chi connectivity index (χ4v) is 3.37. The van der Waals surface area contributed by atoms with Crippen molar-refractivity contribution in [1.29, 1.82) is 0 Å². The summed E-state index contributed by atoms with van der Waals surface area (Å²) in [6.45, 7) is 2.42. The minimum atomic E-state index is -0.335. The molecule has 3 heterocycles. The number of carbonyl (C=O) groups is 1. The van der Waals surface area contributed by atoms with E-state index < -0.39 is 0 Å². The molecule has 0 spiro atoms. The number of aromatic nitrogens is 4. The topological polar surface area (TPSA) is 78.5 Å². The van der Waals surface area contributed by atoms with Gasteiger partial charge < -0.3 is 9.14 Å². The zero-order valence-electron chi connectivity index (χ0n) is 15.8. The molecule has 0 aliphatic carbocycles. The van der Waals surface area contributed by atoms with Gasteiger partial charge in [0.15, 0.2) is 0 Å². The normalized spacial score (nSPS) is 11.2. The van der Waals surface area contributed by atoms with E-state index in [1.54, 1.807) is 35.0 Å². The van der Waals surface area contributed by atoms with Crippen LogP contribution in [0.3, 0.4) is 0 Å². The third-order valence-electron chi connectivity index (χ3n) is 4.68. The summed E-state index contributed by atoms with van der Waals surface area (Å²) in [4.78, 5) is 33.3. The molecule has 0 radical (unpaired) electrons. The fraction of sp³-hybridized carbons (Fsp3) is 0.238. The number of fused-ring (bicyclic) bond motifs is 2. The molecule has 8 heteroatoms. The SMILES string of the molecule is Cc1cccc2c(=O)n(CCCC(=O)OCc3cn4cc(Cl)ccc4n3)cnc12. The molecule has 4 aromatic rings. The molecule has 0 fully saturated rings. The molecule has 0 atom stereocenters. The molecule has 0 aliphatic heterocycles. The van der Waals surface area contributed by atoms with Crippen molar-refractivity contribution in [2.75, 3.05) is 0 Å². The lowest BCUT2D eigenvalue weighted by molar-refractivity contribution is -0.145. The molecular formula is C21H19ClN4O3. The zero-order chi connectivity index (χ0) is 20.4. The largest absolute Gasteiger partial charge is 0.459 e. The average molecular weight is 411 g/mol. The first-order valence-electron chi connectivity index (χ1n) is 9.25. The number of benzene rings is 1. The third-order valence-corrected chi connectivity index (χ3v) is 4.90. The van der Waals surface area contributed by atoms with Gasteiger partial charge in [-0.25, -0.2) is 9.97 Å². The Morgan fingerprint density at radius 2 is 2.07 bits per heavy atom. The number of pyridine rings is 1. The quantitative estimate of drug-likeness (QED) is 0.454. The maximum Gasteiger partial charge on any atom is 0.306 e. The molecule has 3 aromatic heterocycles. The van der Waals surface area contributed by atoms with Gasteiger partial charge in [-0.2, -0.15) is 0 Å². The van der Waals surface area contributed by atoms with Gasteiger partial charge >= 0.3 is 5.97 Å². The van der Waals surface area contributed by atoms with Crippen LogP contribution in [0, 0.1) is 6.92 Å². The summed E-state index contributed by atoms with van der Waals surface area (Å²) in [5.74, 6) is -0.335. The van der Waals surface area contributed by atoms with Crippen LogP contribution < -0.4 is 5.56 Å². The molecule has 0 N–H and O–H groups in total. The number of imidazole rings is 1. The second kappa shape index (κ2) is 8.05. The van der Waals surface area contributed by atoms with Crippen LogP contribution in [0.4, 0.5) is 0 Å². The molecule has 0 saturated carbocycles. The van der Waals surface area contributed by atoms with E-state index in [1.807, 2.05) is 19.1 Å². The first-order valence-corrected chi connectivity index (χ1v) is 9.62. The Hall–Kier alpha value is -3.19. The van der Waals surface area contributed by atoms with Crippen molar-refractivity contribution in [3.05, 3.63) is 75.7 Å². The first-order chi connectivity index (χ1) is 14.0. The monoisotopic (exact) mass is 410 g/mol. The van der Waals surface area contributed by atoms with Gasteiger partial charge in [0, 0.05) is 25.4 Å². The van der Waals surface area contributed by atoms with E-state index in [1.165, 1.54) is 10.9 Å². The number of para-hydroxylation sites is 1. The highest BCUT2D eigenvalue weighted by Gasteiger charge is 2.09. The smallest absolute Gasteiger partial charge is 0.306 e. The molecule has 1 aromatic carbocycles. The summed E-state index contributed by atoms with van der Waals surface area (Å²) in [5, 5.41) is 1.19. The summed E-state index contributed by atoms with van der Waals surface area (Å²) in [7, 11) is 0. The lowest BCUT2D eigenvalue weighted by Crippen LogP contribution is -2.21. The van der Waals surface area contributed by atoms with Gasteiger partial charge in [0.05, 0.1) is 27.9 Å². The molecule has 0 saturated heterocycles. The second-order valence-electron chi connectivity index (χ2n) is 6.82. The van der Waals surface area contributed by atoms with Crippen molar-refractivity contribution in [1.82, 2.24) is 18.9 Å². The van der Waals surface area contributed by atoms with Gasteiger partial charge in [-0.15, -0.1) is 0 Å². The number of hydrogen-bond acceptors (Lipinski definition) is 5. The van der Waals surface area contributed by atoms with Gasteiger partial charge in [0.25, 0.3) is 5.56 Å². The number of rotatable bonds is 6. The number of aryl methyl sites for hydroxylation is 2. The predicted molar refractivity (Wildman–Crippen MR) is 110 cm³/mol. The highest BCUT2D eigenvalue weighted by Crippen LogP contribution is 2.13.